The smallest absolute Gasteiger partial charge is 0.343 e. The van der Waals surface area contributed by atoms with Crippen molar-refractivity contribution < 1.29 is 27.8 Å². The zero-order chi connectivity index (χ0) is 21.7. The molecule has 1 aromatic heterocycles. The largest absolute Gasteiger partial charge is 0.462 e. The number of esters is 1. The molecule has 0 spiro atoms. The van der Waals surface area contributed by atoms with Crippen molar-refractivity contribution in [2.45, 2.75) is 45.9 Å². The second-order valence-corrected chi connectivity index (χ2v) is 6.89. The van der Waals surface area contributed by atoms with E-state index in [0.717, 1.165) is 25.3 Å². The molecule has 1 aliphatic rings. The summed E-state index contributed by atoms with van der Waals surface area (Å²) in [6.07, 6.45) is 6.55. The number of ether oxygens (including phenoxy) is 3. The molecule has 8 heteroatoms. The third-order valence-electron chi connectivity index (χ3n) is 4.93. The molecule has 0 bridgehead atoms. The Morgan fingerprint density at radius 2 is 2.13 bits per heavy atom. The topological polar surface area (TPSA) is 66.8 Å². The van der Waals surface area contributed by atoms with Crippen molar-refractivity contribution in [3.8, 4) is 0 Å². The van der Waals surface area contributed by atoms with Crippen molar-refractivity contribution >= 4 is 22.9 Å². The van der Waals surface area contributed by atoms with Gasteiger partial charge in [-0.15, -0.1) is 0 Å². The number of aromatic nitrogens is 1. The monoisotopic (exact) mass is 421 g/mol. The summed E-state index contributed by atoms with van der Waals surface area (Å²) in [5, 5.41) is -0.207. The Morgan fingerprint density at radius 3 is 2.80 bits per heavy atom. The Hall–Kier alpha value is -2.58. The van der Waals surface area contributed by atoms with Crippen LogP contribution < -0.4 is 5.43 Å². The average Bonchev–Trinajstić information content (AvgIpc) is 2.74. The summed E-state index contributed by atoms with van der Waals surface area (Å²) in [4.78, 5) is 24.7. The van der Waals surface area contributed by atoms with Gasteiger partial charge in [0.15, 0.2) is 12.1 Å². The van der Waals surface area contributed by atoms with Gasteiger partial charge in [0.25, 0.3) is 0 Å². The molecule has 0 N–H and O–H groups in total. The SMILES string of the molecule is CCOC(=O)c1cn(CC)c2c(F)c(C=CCOC3CCCCO3)c(F)cc2c1=O. The van der Waals surface area contributed by atoms with Gasteiger partial charge in [0.1, 0.15) is 11.4 Å². The van der Waals surface area contributed by atoms with Gasteiger partial charge < -0.3 is 18.8 Å². The highest BCUT2D eigenvalue weighted by Crippen LogP contribution is 2.24. The van der Waals surface area contributed by atoms with Crippen LogP contribution in [0.1, 0.15) is 49.0 Å². The fourth-order valence-corrected chi connectivity index (χ4v) is 3.43. The molecule has 3 rings (SSSR count). The first-order chi connectivity index (χ1) is 14.5. The number of hydrogen-bond acceptors (Lipinski definition) is 5. The summed E-state index contributed by atoms with van der Waals surface area (Å²) in [5.41, 5.74) is -1.36. The molecule has 30 heavy (non-hydrogen) atoms. The van der Waals surface area contributed by atoms with Gasteiger partial charge in [-0.25, -0.2) is 13.6 Å². The maximum absolute atomic E-state index is 15.2. The lowest BCUT2D eigenvalue weighted by molar-refractivity contribution is -0.155. The average molecular weight is 421 g/mol. The number of fused-ring (bicyclic) bond motifs is 1. The molecule has 0 amide bonds. The number of halogens is 2. The molecule has 2 heterocycles. The summed E-state index contributed by atoms with van der Waals surface area (Å²) >= 11 is 0. The second-order valence-electron chi connectivity index (χ2n) is 6.89. The van der Waals surface area contributed by atoms with E-state index in [9.17, 15) is 14.0 Å². The van der Waals surface area contributed by atoms with E-state index in [2.05, 4.69) is 0 Å². The van der Waals surface area contributed by atoms with Crippen molar-refractivity contribution in [3.63, 3.8) is 0 Å². The van der Waals surface area contributed by atoms with Crippen LogP contribution in [0.25, 0.3) is 17.0 Å². The standard InChI is InChI=1S/C22H25F2NO5/c1-3-25-13-16(22(27)28-4-2)21(26)15-12-17(23)14(19(24)20(15)25)8-7-11-30-18-9-5-6-10-29-18/h7-8,12-13,18H,3-6,9-11H2,1-2H3. The molecular formula is C22H25F2NO5. The molecule has 0 saturated carbocycles. The van der Waals surface area contributed by atoms with Crippen LogP contribution in [0.3, 0.4) is 0 Å². The van der Waals surface area contributed by atoms with Gasteiger partial charge in [-0.1, -0.05) is 12.2 Å². The Bertz CT molecular complexity index is 1010. The maximum atomic E-state index is 15.2. The first-order valence-electron chi connectivity index (χ1n) is 10.1. The van der Waals surface area contributed by atoms with Gasteiger partial charge in [0.05, 0.1) is 24.1 Å². The minimum absolute atomic E-state index is 0.0619. The fraction of sp³-hybridized carbons (Fsp3) is 0.455. The zero-order valence-corrected chi connectivity index (χ0v) is 17.1. The van der Waals surface area contributed by atoms with Crippen molar-refractivity contribution in [1.29, 1.82) is 0 Å². The quantitative estimate of drug-likeness (QED) is 0.632. The molecule has 1 aromatic carbocycles. The highest BCUT2D eigenvalue weighted by molar-refractivity contribution is 5.94. The summed E-state index contributed by atoms with van der Waals surface area (Å²) < 4.78 is 47.1. The van der Waals surface area contributed by atoms with Gasteiger partial charge in [0, 0.05) is 24.9 Å². The van der Waals surface area contributed by atoms with Crippen molar-refractivity contribution in [3.05, 3.63) is 51.3 Å². The number of nitrogens with zero attached hydrogens (tertiary/aromatic N) is 1. The molecular weight excluding hydrogens is 396 g/mol. The van der Waals surface area contributed by atoms with Gasteiger partial charge in [-0.2, -0.15) is 0 Å². The minimum Gasteiger partial charge on any atom is -0.462 e. The molecule has 6 nitrogen and oxygen atoms in total. The molecule has 0 radical (unpaired) electrons. The van der Waals surface area contributed by atoms with Crippen molar-refractivity contribution in [1.82, 2.24) is 4.57 Å². The van der Waals surface area contributed by atoms with E-state index in [-0.39, 0.29) is 48.1 Å². The molecule has 2 aromatic rings. The predicted molar refractivity (Wildman–Crippen MR) is 108 cm³/mol. The maximum Gasteiger partial charge on any atom is 0.343 e. The Kier molecular flexibility index (Phi) is 7.33. The number of hydrogen-bond donors (Lipinski definition) is 0. The summed E-state index contributed by atoms with van der Waals surface area (Å²) in [5.74, 6) is -2.59. The van der Waals surface area contributed by atoms with Gasteiger partial charge in [0.2, 0.25) is 5.43 Å². The highest BCUT2D eigenvalue weighted by Gasteiger charge is 2.21. The molecule has 162 valence electrons. The van der Waals surface area contributed by atoms with Crippen LogP contribution in [-0.2, 0) is 20.8 Å². The third-order valence-corrected chi connectivity index (χ3v) is 4.93. The second kappa shape index (κ2) is 9.95. The number of rotatable bonds is 7. The van der Waals surface area contributed by atoms with E-state index in [1.165, 1.54) is 22.9 Å². The number of pyridine rings is 1. The first kappa shape index (κ1) is 22.1. The normalized spacial score (nSPS) is 17.0. The molecule has 1 atom stereocenters. The number of carbonyl (C=O) groups excluding carboxylic acids is 1. The summed E-state index contributed by atoms with van der Waals surface area (Å²) in [7, 11) is 0. The van der Waals surface area contributed by atoms with Crippen molar-refractivity contribution in [2.75, 3.05) is 19.8 Å². The van der Waals surface area contributed by atoms with E-state index in [1.807, 2.05) is 0 Å². The number of carbonyl (C=O) groups is 1. The molecule has 1 unspecified atom stereocenters. The lowest BCUT2D eigenvalue weighted by Gasteiger charge is -2.21. The molecule has 1 saturated heterocycles. The highest BCUT2D eigenvalue weighted by atomic mass is 19.1. The Balaban J connectivity index is 1.95. The first-order valence-corrected chi connectivity index (χ1v) is 10.1. The Labute approximate surface area is 173 Å². The molecule has 1 aliphatic heterocycles. The van der Waals surface area contributed by atoms with Crippen LogP contribution >= 0.6 is 0 Å². The van der Waals surface area contributed by atoms with E-state index < -0.39 is 23.0 Å². The molecule has 0 aliphatic carbocycles. The van der Waals surface area contributed by atoms with E-state index in [0.29, 0.717) is 6.61 Å². The lowest BCUT2D eigenvalue weighted by atomic mass is 10.1. The van der Waals surface area contributed by atoms with Crippen LogP contribution in [-0.4, -0.2) is 36.6 Å². The van der Waals surface area contributed by atoms with Gasteiger partial charge in [-0.3, -0.25) is 4.79 Å². The van der Waals surface area contributed by atoms with Crippen LogP contribution in [0, 0.1) is 11.6 Å². The van der Waals surface area contributed by atoms with Crippen LogP contribution in [0.2, 0.25) is 0 Å². The predicted octanol–water partition coefficient (Wildman–Crippen LogP) is 4.03. The van der Waals surface area contributed by atoms with Crippen LogP contribution in [0.5, 0.6) is 0 Å². The number of benzene rings is 1. The van der Waals surface area contributed by atoms with Gasteiger partial charge in [-0.05, 0) is 39.2 Å². The molecule has 1 fully saturated rings. The number of aryl methyl sites for hydroxylation is 1. The van der Waals surface area contributed by atoms with E-state index in [1.54, 1.807) is 13.8 Å². The van der Waals surface area contributed by atoms with Gasteiger partial charge >= 0.3 is 5.97 Å². The minimum atomic E-state index is -0.897. The van der Waals surface area contributed by atoms with Crippen LogP contribution in [0.4, 0.5) is 8.78 Å². The van der Waals surface area contributed by atoms with Crippen LogP contribution in [0.15, 0.2) is 23.1 Å². The third kappa shape index (κ3) is 4.60. The van der Waals surface area contributed by atoms with Crippen molar-refractivity contribution in [2.24, 2.45) is 0 Å². The lowest BCUT2D eigenvalue weighted by Crippen LogP contribution is -2.22. The summed E-state index contributed by atoms with van der Waals surface area (Å²) in [6, 6.07) is 0.959. The van der Waals surface area contributed by atoms with E-state index >= 15 is 4.39 Å². The Morgan fingerprint density at radius 1 is 1.33 bits per heavy atom. The van der Waals surface area contributed by atoms with E-state index in [4.69, 9.17) is 14.2 Å². The fourth-order valence-electron chi connectivity index (χ4n) is 3.43. The summed E-state index contributed by atoms with van der Waals surface area (Å²) in [6.45, 7) is 4.49. The zero-order valence-electron chi connectivity index (χ0n) is 17.1.